The molecule has 33 heavy (non-hydrogen) atoms. The number of hydrogen-bond acceptors (Lipinski definition) is 8. The van der Waals surface area contributed by atoms with Crippen molar-refractivity contribution >= 4 is 28.6 Å². The molecule has 0 saturated carbocycles. The van der Waals surface area contributed by atoms with Gasteiger partial charge in [0.2, 0.25) is 5.95 Å². The number of phenols is 1. The van der Waals surface area contributed by atoms with Crippen LogP contribution in [-0.2, 0) is 0 Å². The molecular formula is C24H28N8O. The molecule has 4 aromatic rings. The first-order chi connectivity index (χ1) is 16.2. The van der Waals surface area contributed by atoms with Crippen LogP contribution in [0, 0.1) is 0 Å². The van der Waals surface area contributed by atoms with Crippen LogP contribution < -0.4 is 15.1 Å². The van der Waals surface area contributed by atoms with Crippen LogP contribution in [0.15, 0.2) is 55.1 Å². The number of piperazine rings is 1. The number of nitrogens with one attached hydrogen (secondary N) is 1. The third-order valence-corrected chi connectivity index (χ3v) is 5.91. The third kappa shape index (κ3) is 4.39. The Bertz CT molecular complexity index is 1200. The molecule has 0 radical (unpaired) electrons. The van der Waals surface area contributed by atoms with Gasteiger partial charge >= 0.3 is 0 Å². The van der Waals surface area contributed by atoms with Gasteiger partial charge in [0.1, 0.15) is 12.1 Å². The van der Waals surface area contributed by atoms with Crippen LogP contribution in [0.1, 0.15) is 19.8 Å². The van der Waals surface area contributed by atoms with Crippen molar-refractivity contribution in [2.75, 3.05) is 47.8 Å². The minimum absolute atomic E-state index is 0.285. The molecule has 2 N–H and O–H groups in total. The van der Waals surface area contributed by atoms with Gasteiger partial charge in [0.05, 0.1) is 11.9 Å². The predicted molar refractivity (Wildman–Crippen MR) is 130 cm³/mol. The lowest BCUT2D eigenvalue weighted by molar-refractivity contribution is 0.475. The van der Waals surface area contributed by atoms with Gasteiger partial charge < -0.3 is 20.2 Å². The van der Waals surface area contributed by atoms with Crippen molar-refractivity contribution in [3.63, 3.8) is 0 Å². The summed E-state index contributed by atoms with van der Waals surface area (Å²) in [6.45, 7) is 6.34. The summed E-state index contributed by atoms with van der Waals surface area (Å²) >= 11 is 0. The maximum absolute atomic E-state index is 9.56. The van der Waals surface area contributed by atoms with Crippen molar-refractivity contribution in [2.45, 2.75) is 19.8 Å². The van der Waals surface area contributed by atoms with Gasteiger partial charge in [0.15, 0.2) is 17.0 Å². The zero-order valence-corrected chi connectivity index (χ0v) is 18.7. The number of imidazole rings is 1. The molecule has 0 bridgehead atoms. The molecule has 1 aliphatic heterocycles. The van der Waals surface area contributed by atoms with Gasteiger partial charge in [-0.05, 0) is 42.8 Å². The first-order valence-corrected chi connectivity index (χ1v) is 11.4. The van der Waals surface area contributed by atoms with Crippen LogP contribution in [0.5, 0.6) is 5.75 Å². The van der Waals surface area contributed by atoms with Crippen molar-refractivity contribution in [3.8, 4) is 11.4 Å². The fraction of sp³-hybridized carbons (Fsp3) is 0.333. The van der Waals surface area contributed by atoms with Crippen molar-refractivity contribution in [3.05, 3.63) is 55.1 Å². The van der Waals surface area contributed by atoms with Gasteiger partial charge in [-0.25, -0.2) is 4.98 Å². The topological polar surface area (TPSA) is 95.2 Å². The molecule has 1 fully saturated rings. The van der Waals surface area contributed by atoms with Crippen LogP contribution in [0.25, 0.3) is 16.9 Å². The van der Waals surface area contributed by atoms with Crippen LogP contribution >= 0.6 is 0 Å². The largest absolute Gasteiger partial charge is 0.508 e. The van der Waals surface area contributed by atoms with Crippen molar-refractivity contribution in [1.29, 1.82) is 0 Å². The van der Waals surface area contributed by atoms with Crippen LogP contribution in [0.3, 0.4) is 0 Å². The van der Waals surface area contributed by atoms with E-state index in [1.165, 1.54) is 0 Å². The summed E-state index contributed by atoms with van der Waals surface area (Å²) in [6.07, 6.45) is 7.53. The Balaban J connectivity index is 1.44. The van der Waals surface area contributed by atoms with Crippen LogP contribution in [0.2, 0.25) is 0 Å². The lowest BCUT2D eigenvalue weighted by Gasteiger charge is -2.36. The SMILES string of the molecule is CCCCNc1nc(N2CCN(c3ccc(O)cc3)CC2)nc2c1ncn2-c1cccnc1. The fourth-order valence-corrected chi connectivity index (χ4v) is 4.05. The fourth-order valence-electron chi connectivity index (χ4n) is 4.05. The predicted octanol–water partition coefficient (Wildman–Crippen LogP) is 3.45. The second kappa shape index (κ2) is 9.32. The van der Waals surface area contributed by atoms with Crippen LogP contribution in [-0.4, -0.2) is 62.3 Å². The Morgan fingerprint density at radius 3 is 2.48 bits per heavy atom. The number of anilines is 3. The van der Waals surface area contributed by atoms with Crippen LogP contribution in [0.4, 0.5) is 17.5 Å². The average molecular weight is 445 g/mol. The highest BCUT2D eigenvalue weighted by molar-refractivity contribution is 5.85. The van der Waals surface area contributed by atoms with Gasteiger partial charge in [-0.2, -0.15) is 9.97 Å². The number of fused-ring (bicyclic) bond motifs is 1. The number of nitrogens with zero attached hydrogens (tertiary/aromatic N) is 7. The lowest BCUT2D eigenvalue weighted by atomic mass is 10.2. The molecule has 1 saturated heterocycles. The van der Waals surface area contributed by atoms with Gasteiger partial charge in [-0.3, -0.25) is 9.55 Å². The molecule has 3 aromatic heterocycles. The maximum Gasteiger partial charge on any atom is 0.229 e. The monoisotopic (exact) mass is 444 g/mol. The minimum Gasteiger partial charge on any atom is -0.508 e. The Hall–Kier alpha value is -3.88. The highest BCUT2D eigenvalue weighted by atomic mass is 16.3. The molecule has 0 spiro atoms. The number of aromatic hydroxyl groups is 1. The molecule has 0 atom stereocenters. The summed E-state index contributed by atoms with van der Waals surface area (Å²) in [7, 11) is 0. The van der Waals surface area contributed by atoms with E-state index < -0.39 is 0 Å². The number of pyridine rings is 1. The van der Waals surface area contributed by atoms with E-state index in [1.807, 2.05) is 35.0 Å². The molecule has 4 heterocycles. The Labute approximate surface area is 192 Å². The van der Waals surface area contributed by atoms with Crippen molar-refractivity contribution in [2.24, 2.45) is 0 Å². The minimum atomic E-state index is 0.285. The van der Waals surface area contributed by atoms with Gasteiger partial charge in [-0.1, -0.05) is 13.3 Å². The van der Waals surface area contributed by atoms with E-state index in [9.17, 15) is 5.11 Å². The van der Waals surface area contributed by atoms with E-state index in [1.54, 1.807) is 24.7 Å². The Kier molecular flexibility index (Phi) is 5.93. The number of hydrogen-bond donors (Lipinski definition) is 2. The number of phenolic OH excluding ortho intramolecular Hbond substituents is 1. The zero-order chi connectivity index (χ0) is 22.6. The third-order valence-electron chi connectivity index (χ3n) is 5.91. The molecule has 9 nitrogen and oxygen atoms in total. The summed E-state index contributed by atoms with van der Waals surface area (Å²) in [5.74, 6) is 1.76. The molecule has 0 aliphatic carbocycles. The van der Waals surface area contributed by atoms with Gasteiger partial charge in [-0.15, -0.1) is 0 Å². The Morgan fingerprint density at radius 1 is 0.970 bits per heavy atom. The van der Waals surface area contributed by atoms with Gasteiger partial charge in [0, 0.05) is 44.6 Å². The highest BCUT2D eigenvalue weighted by Crippen LogP contribution is 2.26. The highest BCUT2D eigenvalue weighted by Gasteiger charge is 2.22. The summed E-state index contributed by atoms with van der Waals surface area (Å²) in [4.78, 5) is 23.2. The molecule has 1 aliphatic rings. The summed E-state index contributed by atoms with van der Waals surface area (Å²) in [5.41, 5.74) is 3.57. The lowest BCUT2D eigenvalue weighted by Crippen LogP contribution is -2.47. The normalized spacial score (nSPS) is 14.1. The molecular weight excluding hydrogens is 416 g/mol. The zero-order valence-electron chi connectivity index (χ0n) is 18.7. The summed E-state index contributed by atoms with van der Waals surface area (Å²) < 4.78 is 1.96. The second-order valence-corrected chi connectivity index (χ2v) is 8.14. The van der Waals surface area contributed by atoms with E-state index in [2.05, 4.69) is 32.0 Å². The molecule has 5 rings (SSSR count). The molecule has 0 unspecified atom stereocenters. The molecule has 9 heteroatoms. The molecule has 0 amide bonds. The number of benzene rings is 1. The van der Waals surface area contributed by atoms with E-state index >= 15 is 0 Å². The summed E-state index contributed by atoms with van der Waals surface area (Å²) in [5, 5.41) is 13.0. The first-order valence-electron chi connectivity index (χ1n) is 11.4. The number of aromatic nitrogens is 5. The van der Waals surface area contributed by atoms with Crippen molar-refractivity contribution < 1.29 is 5.11 Å². The number of unbranched alkanes of at least 4 members (excludes halogenated alkanes) is 1. The molecule has 170 valence electrons. The average Bonchev–Trinajstić information content (AvgIpc) is 3.30. The van der Waals surface area contributed by atoms with Crippen molar-refractivity contribution in [1.82, 2.24) is 24.5 Å². The first kappa shape index (κ1) is 21.0. The van der Waals surface area contributed by atoms with Gasteiger partial charge in [0.25, 0.3) is 0 Å². The quantitative estimate of drug-likeness (QED) is 0.419. The maximum atomic E-state index is 9.56. The number of rotatable bonds is 7. The van der Waals surface area contributed by atoms with E-state index in [-0.39, 0.29) is 5.75 Å². The summed E-state index contributed by atoms with van der Waals surface area (Å²) in [6, 6.07) is 11.3. The Morgan fingerprint density at radius 2 is 1.76 bits per heavy atom. The van der Waals surface area contributed by atoms with E-state index in [4.69, 9.17) is 9.97 Å². The van der Waals surface area contributed by atoms with E-state index in [0.29, 0.717) is 5.95 Å². The van der Waals surface area contributed by atoms with E-state index in [0.717, 1.165) is 73.9 Å². The smallest absolute Gasteiger partial charge is 0.229 e. The molecule has 1 aromatic carbocycles. The second-order valence-electron chi connectivity index (χ2n) is 8.14. The standard InChI is InChI=1S/C24H28N8O/c1-2-3-11-26-22-21-23(32(17-27-21)19-5-4-10-25-16-19)29-24(28-22)31-14-12-30(13-15-31)18-6-8-20(33)9-7-18/h4-10,16-17,33H,2-3,11-15H2,1H3,(H,26,28,29).